The summed E-state index contributed by atoms with van der Waals surface area (Å²) >= 11 is 0. The summed E-state index contributed by atoms with van der Waals surface area (Å²) < 4.78 is 0. The molecule has 0 bridgehead atoms. The van der Waals surface area contributed by atoms with Gasteiger partial charge in [0.15, 0.2) is 0 Å². The van der Waals surface area contributed by atoms with Crippen LogP contribution in [0.5, 0.6) is 0 Å². The van der Waals surface area contributed by atoms with E-state index in [1.54, 1.807) is 0 Å². The van der Waals surface area contributed by atoms with Crippen LogP contribution in [0.4, 0.5) is 0 Å². The van der Waals surface area contributed by atoms with Gasteiger partial charge in [-0.3, -0.25) is 0 Å². The van der Waals surface area contributed by atoms with Crippen molar-refractivity contribution in [1.29, 1.82) is 0 Å². The quantitative estimate of drug-likeness (QED) is 0.374. The minimum atomic E-state index is 0. The summed E-state index contributed by atoms with van der Waals surface area (Å²) in [6.45, 7) is 0. The van der Waals surface area contributed by atoms with Gasteiger partial charge in [0.05, 0.1) is 0 Å². The van der Waals surface area contributed by atoms with Crippen molar-refractivity contribution in [2.24, 2.45) is 0 Å². The van der Waals surface area contributed by atoms with Gasteiger partial charge in [-0.05, 0) is 6.42 Å². The number of hydrogen-bond acceptors (Lipinski definition) is 0. The molecule has 0 fully saturated rings. The molecule has 1 aliphatic rings. The van der Waals surface area contributed by atoms with E-state index >= 15 is 0 Å². The Labute approximate surface area is 102 Å². The summed E-state index contributed by atoms with van der Waals surface area (Å²) in [6, 6.07) is 16.6. The van der Waals surface area contributed by atoms with Crippen LogP contribution < -0.4 is 0 Å². The second-order valence-electron chi connectivity index (χ2n) is 3.42. The molecule has 1 aliphatic carbocycles. The molecule has 0 aromatic heterocycles. The Hall–Kier alpha value is -1.04. The van der Waals surface area contributed by atoms with Crippen LogP contribution in [-0.2, 0) is 29.9 Å². The van der Waals surface area contributed by atoms with Crippen LogP contribution in [0.3, 0.4) is 0 Å². The normalized spacial score (nSPS) is 12.0. The van der Waals surface area contributed by atoms with Crippen molar-refractivity contribution in [3.63, 3.8) is 0 Å². The van der Waals surface area contributed by atoms with Crippen molar-refractivity contribution < 1.29 is 17.1 Å². The van der Waals surface area contributed by atoms with E-state index in [4.69, 9.17) is 0 Å². The molecule has 2 aromatic rings. The Balaban J connectivity index is 0.000000162. The van der Waals surface area contributed by atoms with E-state index in [1.165, 1.54) is 11.1 Å². The first-order valence-corrected chi connectivity index (χ1v) is 5.02. The van der Waals surface area contributed by atoms with E-state index in [1.807, 2.05) is 30.3 Å². The van der Waals surface area contributed by atoms with Crippen molar-refractivity contribution in [1.82, 2.24) is 0 Å². The molecule has 0 unspecified atom stereocenters. The molecule has 0 N–H and O–H groups in total. The van der Waals surface area contributed by atoms with Gasteiger partial charge in [0.25, 0.3) is 0 Å². The van der Waals surface area contributed by atoms with Crippen LogP contribution in [0.25, 0.3) is 0 Å². The Morgan fingerprint density at radius 3 is 2.27 bits per heavy atom. The Morgan fingerprint density at radius 2 is 1.67 bits per heavy atom. The summed E-state index contributed by atoms with van der Waals surface area (Å²) in [7, 11) is 0. The monoisotopic (exact) mass is 238 g/mol. The van der Waals surface area contributed by atoms with Crippen LogP contribution >= 0.6 is 0 Å². The van der Waals surface area contributed by atoms with Gasteiger partial charge in [0, 0.05) is 17.1 Å². The number of allylic oxidation sites excluding steroid dienone is 2. The van der Waals surface area contributed by atoms with Crippen LogP contribution in [0.15, 0.2) is 60.7 Å². The molecular formula is C14H14Fe-6. The van der Waals surface area contributed by atoms with Crippen LogP contribution in [-0.4, -0.2) is 0 Å². The molecule has 0 saturated carbocycles. The average Bonchev–Trinajstić information content (AvgIpc) is 2.92. The van der Waals surface area contributed by atoms with Gasteiger partial charge in [0.1, 0.15) is 0 Å². The van der Waals surface area contributed by atoms with Crippen LogP contribution in [0.2, 0.25) is 0 Å². The summed E-state index contributed by atoms with van der Waals surface area (Å²) in [5.41, 5.74) is 3.02. The fourth-order valence-electron chi connectivity index (χ4n) is 1.63. The molecule has 0 heterocycles. The minimum Gasteiger partial charge on any atom is -0.748 e. The molecule has 0 aliphatic heterocycles. The average molecular weight is 238 g/mol. The predicted octanol–water partition coefficient (Wildman–Crippen LogP) is 3.46. The van der Waals surface area contributed by atoms with Gasteiger partial charge in [-0.25, -0.2) is 12.1 Å². The molecule has 1 heteroatoms. The Bertz CT molecular complexity index is 339. The maximum atomic E-state index is 2.24. The smallest absolute Gasteiger partial charge is 0 e. The SMILES string of the molecule is C1=CC[c-]2cccc2C1.[Fe].[cH-]1[cH-][cH-][cH-][cH-]1. The summed E-state index contributed by atoms with van der Waals surface area (Å²) in [5, 5.41) is 0. The first-order valence-electron chi connectivity index (χ1n) is 5.02. The number of rotatable bonds is 0. The van der Waals surface area contributed by atoms with E-state index in [0.717, 1.165) is 12.8 Å². The third-order valence-electron chi connectivity index (χ3n) is 2.41. The van der Waals surface area contributed by atoms with Crippen molar-refractivity contribution in [2.75, 3.05) is 0 Å². The standard InChI is InChI=1S/C9H9.C5H5.Fe/c1-2-5-9-7-3-6-8(9)4-1;1-2-4-5-3-1;/h1-3,6-7H,4-5H2;1-5H;/q-1;-5;. The molecule has 15 heavy (non-hydrogen) atoms. The molecule has 0 nitrogen and oxygen atoms in total. The van der Waals surface area contributed by atoms with Gasteiger partial charge < -0.3 is 30.3 Å². The molecule has 0 radical (unpaired) electrons. The minimum absolute atomic E-state index is 0. The summed E-state index contributed by atoms with van der Waals surface area (Å²) in [4.78, 5) is 0. The third kappa shape index (κ3) is 3.54. The third-order valence-corrected chi connectivity index (χ3v) is 2.41. The zero-order valence-electron chi connectivity index (χ0n) is 8.54. The molecule has 0 amide bonds. The molecule has 0 spiro atoms. The van der Waals surface area contributed by atoms with Crippen molar-refractivity contribution in [3.8, 4) is 0 Å². The molecule has 84 valence electrons. The van der Waals surface area contributed by atoms with Gasteiger partial charge in [-0.15, -0.1) is 0 Å². The van der Waals surface area contributed by atoms with Gasteiger partial charge in [-0.2, -0.15) is 17.2 Å². The predicted molar refractivity (Wildman–Crippen MR) is 60.6 cm³/mol. The van der Waals surface area contributed by atoms with E-state index < -0.39 is 0 Å². The Morgan fingerprint density at radius 1 is 1.00 bits per heavy atom. The maximum absolute atomic E-state index is 2.24. The molecule has 2 aromatic carbocycles. The molecular weight excluding hydrogens is 224 g/mol. The molecule has 0 atom stereocenters. The van der Waals surface area contributed by atoms with E-state index in [9.17, 15) is 0 Å². The summed E-state index contributed by atoms with van der Waals surface area (Å²) in [6.07, 6.45) is 6.76. The van der Waals surface area contributed by atoms with Gasteiger partial charge in [0.2, 0.25) is 0 Å². The zero-order chi connectivity index (χ0) is 9.64. The topological polar surface area (TPSA) is 0 Å². The molecule has 0 saturated heterocycles. The fraction of sp³-hybridized carbons (Fsp3) is 0.143. The second-order valence-corrected chi connectivity index (χ2v) is 3.42. The van der Waals surface area contributed by atoms with E-state index in [2.05, 4.69) is 30.4 Å². The maximum Gasteiger partial charge on any atom is 0 e. The first-order chi connectivity index (χ1) is 6.97. The number of hydrogen-bond donors (Lipinski definition) is 0. The molecule has 3 rings (SSSR count). The zero-order valence-corrected chi connectivity index (χ0v) is 9.65. The second kappa shape index (κ2) is 6.44. The van der Waals surface area contributed by atoms with Crippen molar-refractivity contribution in [2.45, 2.75) is 12.8 Å². The Kier molecular flexibility index (Phi) is 5.17. The fourth-order valence-corrected chi connectivity index (χ4v) is 1.63. The van der Waals surface area contributed by atoms with E-state index in [0.29, 0.717) is 0 Å². The van der Waals surface area contributed by atoms with Crippen LogP contribution in [0.1, 0.15) is 11.1 Å². The van der Waals surface area contributed by atoms with Crippen molar-refractivity contribution in [3.05, 3.63) is 71.8 Å². The van der Waals surface area contributed by atoms with E-state index in [-0.39, 0.29) is 17.1 Å². The van der Waals surface area contributed by atoms with Gasteiger partial charge in [-0.1, -0.05) is 18.6 Å². The first kappa shape index (κ1) is 12.0. The largest absolute Gasteiger partial charge is 0.748 e. The van der Waals surface area contributed by atoms with Crippen LogP contribution in [0, 0.1) is 0 Å². The van der Waals surface area contributed by atoms with Crippen molar-refractivity contribution >= 4 is 0 Å². The summed E-state index contributed by atoms with van der Waals surface area (Å²) in [5.74, 6) is 0. The van der Waals surface area contributed by atoms with Gasteiger partial charge >= 0.3 is 0 Å². The number of fused-ring (bicyclic) bond motifs is 1.